The van der Waals surface area contributed by atoms with Crippen molar-refractivity contribution in [3.05, 3.63) is 16.1 Å². The maximum Gasteiger partial charge on any atom is 0.0897 e. The van der Waals surface area contributed by atoms with E-state index in [1.165, 1.54) is 18.5 Å². The van der Waals surface area contributed by atoms with E-state index in [1.54, 1.807) is 11.3 Å². The molecule has 0 radical (unpaired) electrons. The fourth-order valence-corrected chi connectivity index (χ4v) is 3.29. The second-order valence-corrected chi connectivity index (χ2v) is 6.20. The SMILES string of the molecule is CCCC(CN)(CCC)N(C)Cc1csc(C)n1. The van der Waals surface area contributed by atoms with Crippen molar-refractivity contribution in [1.29, 1.82) is 0 Å². The van der Waals surface area contributed by atoms with Crippen LogP contribution in [0.25, 0.3) is 0 Å². The van der Waals surface area contributed by atoms with Gasteiger partial charge in [-0.1, -0.05) is 26.7 Å². The molecule has 1 aromatic rings. The first-order chi connectivity index (χ1) is 8.57. The molecule has 3 nitrogen and oxygen atoms in total. The first-order valence-electron chi connectivity index (χ1n) is 6.90. The topological polar surface area (TPSA) is 42.1 Å². The molecule has 0 aliphatic carbocycles. The third-order valence-corrected chi connectivity index (χ3v) is 4.51. The summed E-state index contributed by atoms with van der Waals surface area (Å²) in [6.45, 7) is 8.17. The molecular weight excluding hydrogens is 242 g/mol. The van der Waals surface area contributed by atoms with Crippen LogP contribution in [0.5, 0.6) is 0 Å². The van der Waals surface area contributed by atoms with Gasteiger partial charge in [0.2, 0.25) is 0 Å². The van der Waals surface area contributed by atoms with E-state index >= 15 is 0 Å². The lowest BCUT2D eigenvalue weighted by atomic mass is 9.87. The minimum absolute atomic E-state index is 0.140. The number of likely N-dealkylation sites (N-methyl/N-ethyl adjacent to an activating group) is 1. The highest BCUT2D eigenvalue weighted by Gasteiger charge is 2.31. The van der Waals surface area contributed by atoms with E-state index in [-0.39, 0.29) is 5.54 Å². The summed E-state index contributed by atoms with van der Waals surface area (Å²) in [5, 5.41) is 3.30. The third kappa shape index (κ3) is 3.77. The first-order valence-corrected chi connectivity index (χ1v) is 7.78. The maximum absolute atomic E-state index is 6.08. The van der Waals surface area contributed by atoms with Crippen molar-refractivity contribution in [2.75, 3.05) is 13.6 Å². The van der Waals surface area contributed by atoms with Gasteiger partial charge in [0.15, 0.2) is 0 Å². The number of nitrogens with two attached hydrogens (primary N) is 1. The van der Waals surface area contributed by atoms with E-state index in [2.05, 4.69) is 43.1 Å². The zero-order valence-corrected chi connectivity index (χ0v) is 13.0. The Morgan fingerprint density at radius 3 is 2.33 bits per heavy atom. The lowest BCUT2D eigenvalue weighted by Gasteiger charge is -2.41. The smallest absolute Gasteiger partial charge is 0.0897 e. The Kier molecular flexibility index (Phi) is 6.26. The summed E-state index contributed by atoms with van der Waals surface area (Å²) in [5.41, 5.74) is 7.39. The number of hydrogen-bond donors (Lipinski definition) is 1. The summed E-state index contributed by atoms with van der Waals surface area (Å²) in [6, 6.07) is 0. The highest BCUT2D eigenvalue weighted by Crippen LogP contribution is 2.27. The van der Waals surface area contributed by atoms with Crippen molar-refractivity contribution in [3.63, 3.8) is 0 Å². The van der Waals surface area contributed by atoms with E-state index in [0.29, 0.717) is 0 Å². The van der Waals surface area contributed by atoms with Gasteiger partial charge in [-0.2, -0.15) is 0 Å². The predicted molar refractivity (Wildman–Crippen MR) is 79.9 cm³/mol. The molecule has 0 bridgehead atoms. The van der Waals surface area contributed by atoms with E-state index in [1.807, 2.05) is 0 Å². The zero-order chi connectivity index (χ0) is 13.6. The molecule has 104 valence electrons. The molecule has 18 heavy (non-hydrogen) atoms. The number of hydrogen-bond acceptors (Lipinski definition) is 4. The number of thiazole rings is 1. The third-order valence-electron chi connectivity index (χ3n) is 3.69. The lowest BCUT2D eigenvalue weighted by Crippen LogP contribution is -2.51. The molecule has 0 saturated carbocycles. The molecule has 1 rings (SSSR count). The fourth-order valence-electron chi connectivity index (χ4n) is 2.69. The lowest BCUT2D eigenvalue weighted by molar-refractivity contribution is 0.0944. The molecular formula is C14H27N3S. The summed E-state index contributed by atoms with van der Waals surface area (Å²) < 4.78 is 0. The predicted octanol–water partition coefficient (Wildman–Crippen LogP) is 3.18. The van der Waals surface area contributed by atoms with Gasteiger partial charge < -0.3 is 5.73 Å². The van der Waals surface area contributed by atoms with Crippen molar-refractivity contribution in [2.24, 2.45) is 5.73 Å². The molecule has 0 atom stereocenters. The van der Waals surface area contributed by atoms with Gasteiger partial charge in [0, 0.05) is 24.0 Å². The molecule has 4 heteroatoms. The molecule has 0 spiro atoms. The summed E-state index contributed by atoms with van der Waals surface area (Å²) in [7, 11) is 2.19. The second kappa shape index (κ2) is 7.22. The van der Waals surface area contributed by atoms with Gasteiger partial charge in [-0.05, 0) is 26.8 Å². The number of aromatic nitrogens is 1. The van der Waals surface area contributed by atoms with Gasteiger partial charge in [-0.25, -0.2) is 4.98 Å². The molecule has 0 aliphatic rings. The number of rotatable bonds is 8. The Balaban J connectivity index is 2.77. The minimum Gasteiger partial charge on any atom is -0.329 e. The van der Waals surface area contributed by atoms with Crippen molar-refractivity contribution in [3.8, 4) is 0 Å². The van der Waals surface area contributed by atoms with Crippen LogP contribution in [-0.2, 0) is 6.54 Å². The maximum atomic E-state index is 6.08. The van der Waals surface area contributed by atoms with Crippen molar-refractivity contribution in [1.82, 2.24) is 9.88 Å². The molecule has 1 aromatic heterocycles. The van der Waals surface area contributed by atoms with Crippen LogP contribution in [0, 0.1) is 6.92 Å². The van der Waals surface area contributed by atoms with E-state index in [0.717, 1.165) is 30.9 Å². The standard InChI is InChI=1S/C14H27N3S/c1-5-7-14(11-15,8-6-2)17(4)9-13-10-18-12(3)16-13/h10H,5-9,11,15H2,1-4H3. The van der Waals surface area contributed by atoms with Gasteiger partial charge in [0.05, 0.1) is 10.7 Å². The summed E-state index contributed by atoms with van der Waals surface area (Å²) in [6.07, 6.45) is 4.68. The normalized spacial score (nSPS) is 12.3. The Labute approximate surface area is 115 Å². The molecule has 1 heterocycles. The average Bonchev–Trinajstić information content (AvgIpc) is 2.74. The van der Waals surface area contributed by atoms with Crippen LogP contribution in [0.2, 0.25) is 0 Å². The minimum atomic E-state index is 0.140. The summed E-state index contributed by atoms with van der Waals surface area (Å²) in [5.74, 6) is 0. The highest BCUT2D eigenvalue weighted by molar-refractivity contribution is 7.09. The second-order valence-electron chi connectivity index (χ2n) is 5.14. The molecule has 0 amide bonds. The Bertz CT molecular complexity index is 343. The number of nitrogens with zero attached hydrogens (tertiary/aromatic N) is 2. The fraction of sp³-hybridized carbons (Fsp3) is 0.786. The Morgan fingerprint density at radius 2 is 1.94 bits per heavy atom. The first kappa shape index (κ1) is 15.6. The van der Waals surface area contributed by atoms with E-state index < -0.39 is 0 Å². The van der Waals surface area contributed by atoms with Crippen molar-refractivity contribution >= 4 is 11.3 Å². The van der Waals surface area contributed by atoms with Crippen LogP contribution >= 0.6 is 11.3 Å². The van der Waals surface area contributed by atoms with Crippen molar-refractivity contribution < 1.29 is 0 Å². The molecule has 0 saturated heterocycles. The molecule has 0 unspecified atom stereocenters. The molecule has 2 N–H and O–H groups in total. The van der Waals surface area contributed by atoms with E-state index in [4.69, 9.17) is 5.73 Å². The van der Waals surface area contributed by atoms with Gasteiger partial charge in [-0.3, -0.25) is 4.90 Å². The van der Waals surface area contributed by atoms with Gasteiger partial charge in [-0.15, -0.1) is 11.3 Å². The van der Waals surface area contributed by atoms with Crippen LogP contribution in [-0.4, -0.2) is 29.0 Å². The van der Waals surface area contributed by atoms with Gasteiger partial charge >= 0.3 is 0 Å². The summed E-state index contributed by atoms with van der Waals surface area (Å²) in [4.78, 5) is 6.97. The highest BCUT2D eigenvalue weighted by atomic mass is 32.1. The van der Waals surface area contributed by atoms with Crippen LogP contribution in [0.3, 0.4) is 0 Å². The zero-order valence-electron chi connectivity index (χ0n) is 12.2. The van der Waals surface area contributed by atoms with Gasteiger partial charge in [0.1, 0.15) is 0 Å². The summed E-state index contributed by atoms with van der Waals surface area (Å²) >= 11 is 1.72. The van der Waals surface area contributed by atoms with Crippen molar-refractivity contribution in [2.45, 2.75) is 58.5 Å². The van der Waals surface area contributed by atoms with Crippen LogP contribution in [0.1, 0.15) is 50.2 Å². The van der Waals surface area contributed by atoms with Crippen LogP contribution < -0.4 is 5.73 Å². The Hall–Kier alpha value is -0.450. The molecule has 0 fully saturated rings. The average molecular weight is 269 g/mol. The van der Waals surface area contributed by atoms with E-state index in [9.17, 15) is 0 Å². The Morgan fingerprint density at radius 1 is 1.33 bits per heavy atom. The molecule has 0 aromatic carbocycles. The van der Waals surface area contributed by atoms with Gasteiger partial charge in [0.25, 0.3) is 0 Å². The quantitative estimate of drug-likeness (QED) is 0.788. The van der Waals surface area contributed by atoms with Crippen LogP contribution in [0.15, 0.2) is 5.38 Å². The van der Waals surface area contributed by atoms with Crippen LogP contribution in [0.4, 0.5) is 0 Å². The molecule has 0 aliphatic heterocycles. The number of aryl methyl sites for hydroxylation is 1. The monoisotopic (exact) mass is 269 g/mol. The largest absolute Gasteiger partial charge is 0.329 e.